The minimum Gasteiger partial charge on any atom is -0.492 e. The number of amides is 3. The van der Waals surface area contributed by atoms with Gasteiger partial charge in [-0.05, 0) is 47.2 Å². The number of nitrogens with one attached hydrogen (secondary N) is 4. The molecule has 3 amide bonds. The van der Waals surface area contributed by atoms with E-state index in [1.807, 2.05) is 91.0 Å². The van der Waals surface area contributed by atoms with E-state index in [0.717, 1.165) is 40.3 Å². The van der Waals surface area contributed by atoms with Gasteiger partial charge < -0.3 is 26.0 Å². The van der Waals surface area contributed by atoms with Crippen molar-refractivity contribution in [3.05, 3.63) is 120 Å². The van der Waals surface area contributed by atoms with Crippen molar-refractivity contribution in [2.45, 2.75) is 56.1 Å². The third-order valence-electron chi connectivity index (χ3n) is 9.14. The van der Waals surface area contributed by atoms with Gasteiger partial charge in [0.15, 0.2) is 0 Å². The molecule has 4 N–H and O–H groups in total. The van der Waals surface area contributed by atoms with Crippen molar-refractivity contribution in [1.29, 1.82) is 0 Å². The maximum atomic E-state index is 14.2. The van der Waals surface area contributed by atoms with Crippen LogP contribution in [0, 0.1) is 0 Å². The molecule has 0 saturated heterocycles. The number of benzene rings is 4. The van der Waals surface area contributed by atoms with Crippen LogP contribution in [0.15, 0.2) is 103 Å². The predicted octanol–water partition coefficient (Wildman–Crippen LogP) is 4.72. The molecule has 0 radical (unpaired) electrons. The summed E-state index contributed by atoms with van der Waals surface area (Å²) in [5.74, 6) is -0.139. The monoisotopic (exact) mass is 630 g/mol. The lowest BCUT2D eigenvalue weighted by atomic mass is 9.93. The summed E-state index contributed by atoms with van der Waals surface area (Å²) >= 11 is 0. The molecule has 1 saturated carbocycles. The highest BCUT2D eigenvalue weighted by Crippen LogP contribution is 2.31. The van der Waals surface area contributed by atoms with Gasteiger partial charge in [-0.15, -0.1) is 0 Å². The summed E-state index contributed by atoms with van der Waals surface area (Å²) in [5, 5.41) is 14.8. The second-order valence-electron chi connectivity index (χ2n) is 12.4. The van der Waals surface area contributed by atoms with E-state index in [1.54, 1.807) is 0 Å². The molecule has 1 aliphatic carbocycles. The van der Waals surface area contributed by atoms with E-state index in [4.69, 9.17) is 4.74 Å². The van der Waals surface area contributed by atoms with E-state index in [1.165, 1.54) is 0 Å². The molecule has 2 aliphatic rings. The van der Waals surface area contributed by atoms with Crippen LogP contribution in [0.25, 0.3) is 16.8 Å². The Kier molecular flexibility index (Phi) is 10.3. The van der Waals surface area contributed by atoms with Gasteiger partial charge in [0.25, 0.3) is 0 Å². The highest BCUT2D eigenvalue weighted by molar-refractivity contribution is 5.96. The molecule has 0 bridgehead atoms. The average molecular weight is 631 g/mol. The number of hydrogen-bond donors (Lipinski definition) is 4. The fourth-order valence-corrected chi connectivity index (χ4v) is 6.63. The van der Waals surface area contributed by atoms with Gasteiger partial charge in [-0.25, -0.2) is 0 Å². The van der Waals surface area contributed by atoms with Crippen molar-refractivity contribution in [3.8, 4) is 5.75 Å². The molecule has 1 spiro atoms. The van der Waals surface area contributed by atoms with Crippen LogP contribution in [0.2, 0.25) is 0 Å². The minimum absolute atomic E-state index is 0.247. The van der Waals surface area contributed by atoms with Gasteiger partial charge in [0.2, 0.25) is 17.7 Å². The summed E-state index contributed by atoms with van der Waals surface area (Å²) in [4.78, 5) is 41.9. The molecule has 1 fully saturated rings. The highest BCUT2D eigenvalue weighted by Gasteiger charge is 2.44. The lowest BCUT2D eigenvalue weighted by Gasteiger charge is -2.33. The van der Waals surface area contributed by atoms with E-state index < -0.39 is 17.6 Å². The van der Waals surface area contributed by atoms with Crippen molar-refractivity contribution in [1.82, 2.24) is 21.3 Å². The summed E-state index contributed by atoms with van der Waals surface area (Å²) < 4.78 is 6.16. The molecule has 4 aromatic carbocycles. The molecular weight excluding hydrogens is 588 g/mol. The molecule has 242 valence electrons. The van der Waals surface area contributed by atoms with Crippen molar-refractivity contribution >= 4 is 34.6 Å². The van der Waals surface area contributed by atoms with Gasteiger partial charge in [-0.3, -0.25) is 14.4 Å². The Bertz CT molecular complexity index is 1730. The number of carbonyl (C=O) groups excluding carboxylic acids is 3. The van der Waals surface area contributed by atoms with Crippen LogP contribution in [0.5, 0.6) is 5.75 Å². The van der Waals surface area contributed by atoms with Crippen molar-refractivity contribution in [2.75, 3.05) is 19.7 Å². The first kappa shape index (κ1) is 32.0. The molecule has 0 aromatic heterocycles. The van der Waals surface area contributed by atoms with E-state index in [-0.39, 0.29) is 24.3 Å². The summed E-state index contributed by atoms with van der Waals surface area (Å²) in [6, 6.07) is 30.2. The van der Waals surface area contributed by atoms with Gasteiger partial charge in [0.05, 0.1) is 6.04 Å². The smallest absolute Gasteiger partial charge is 0.246 e. The first-order chi connectivity index (χ1) is 23.0. The van der Waals surface area contributed by atoms with Gasteiger partial charge in [0, 0.05) is 25.1 Å². The van der Waals surface area contributed by atoms with E-state index in [2.05, 4.69) is 39.5 Å². The molecule has 2 atom stereocenters. The normalized spacial score (nSPS) is 21.4. The molecule has 1 aliphatic heterocycles. The summed E-state index contributed by atoms with van der Waals surface area (Å²) in [7, 11) is 0. The molecule has 6 rings (SSSR count). The van der Waals surface area contributed by atoms with E-state index in [0.29, 0.717) is 44.6 Å². The fourth-order valence-electron chi connectivity index (χ4n) is 6.63. The SMILES string of the molecule is O=C1NC2(CCCC2)C(=O)N[C@@H](Cc2ccccc2)C(=O)NC/C=C\c2ccccc2OCCN[C@H]1Cc1cccc2ccccc12. The number of hydrogen-bond acceptors (Lipinski definition) is 5. The number of ether oxygens (including phenoxy) is 1. The lowest BCUT2D eigenvalue weighted by Crippen LogP contribution is -2.63. The maximum absolute atomic E-state index is 14.2. The van der Waals surface area contributed by atoms with Gasteiger partial charge in [-0.2, -0.15) is 0 Å². The van der Waals surface area contributed by atoms with Crippen LogP contribution in [-0.2, 0) is 27.2 Å². The predicted molar refractivity (Wildman–Crippen MR) is 185 cm³/mol. The Morgan fingerprint density at radius 1 is 0.745 bits per heavy atom. The van der Waals surface area contributed by atoms with E-state index in [9.17, 15) is 14.4 Å². The summed E-state index contributed by atoms with van der Waals surface area (Å²) in [5.41, 5.74) is 1.75. The van der Waals surface area contributed by atoms with Crippen LogP contribution < -0.4 is 26.0 Å². The van der Waals surface area contributed by atoms with E-state index >= 15 is 0 Å². The molecule has 4 aromatic rings. The Morgan fingerprint density at radius 2 is 1.49 bits per heavy atom. The first-order valence-corrected chi connectivity index (χ1v) is 16.5. The zero-order valence-corrected chi connectivity index (χ0v) is 26.5. The highest BCUT2D eigenvalue weighted by atomic mass is 16.5. The average Bonchev–Trinajstić information content (AvgIpc) is 3.58. The topological polar surface area (TPSA) is 109 Å². The van der Waals surface area contributed by atoms with Crippen LogP contribution in [-0.4, -0.2) is 55.0 Å². The van der Waals surface area contributed by atoms with Crippen LogP contribution in [0.3, 0.4) is 0 Å². The quantitative estimate of drug-likeness (QED) is 0.261. The lowest BCUT2D eigenvalue weighted by molar-refractivity contribution is -0.136. The third-order valence-corrected chi connectivity index (χ3v) is 9.14. The van der Waals surface area contributed by atoms with Crippen molar-refractivity contribution in [2.24, 2.45) is 0 Å². The minimum atomic E-state index is -1.11. The van der Waals surface area contributed by atoms with Crippen LogP contribution >= 0.6 is 0 Å². The first-order valence-electron chi connectivity index (χ1n) is 16.5. The third kappa shape index (κ3) is 7.89. The standard InChI is InChI=1S/C39H42N4O4/c44-36-34(26-28-12-2-1-3-13-28)42-38(46)39(21-8-9-22-39)43-37(45)33(27-31-17-10-16-29-14-4-6-19-32(29)31)40-24-25-47-35-20-7-5-15-30(35)18-11-23-41-36/h1-7,10-20,33-34,40H,8-9,21-27H2,(H,41,44)(H,42,46)(H,43,45)/b18-11-/t33-,34-/m0/s1. The molecule has 47 heavy (non-hydrogen) atoms. The zero-order chi connectivity index (χ0) is 32.5. The largest absolute Gasteiger partial charge is 0.492 e. The van der Waals surface area contributed by atoms with Crippen molar-refractivity contribution < 1.29 is 19.1 Å². The Hall–Kier alpha value is -4.95. The number of rotatable bonds is 4. The second-order valence-corrected chi connectivity index (χ2v) is 12.4. The summed E-state index contributed by atoms with van der Waals surface area (Å²) in [6.07, 6.45) is 7.19. The number of carbonyl (C=O) groups is 3. The Labute approximate surface area is 276 Å². The number of fused-ring (bicyclic) bond motifs is 2. The zero-order valence-electron chi connectivity index (χ0n) is 26.5. The fraction of sp³-hybridized carbons (Fsp3) is 0.308. The molecule has 8 heteroatoms. The molecule has 8 nitrogen and oxygen atoms in total. The van der Waals surface area contributed by atoms with Gasteiger partial charge >= 0.3 is 0 Å². The van der Waals surface area contributed by atoms with Gasteiger partial charge in [-0.1, -0.05) is 116 Å². The Balaban J connectivity index is 1.31. The van der Waals surface area contributed by atoms with Crippen molar-refractivity contribution in [3.63, 3.8) is 0 Å². The van der Waals surface area contributed by atoms with Crippen LogP contribution in [0.1, 0.15) is 42.4 Å². The second kappa shape index (κ2) is 15.1. The maximum Gasteiger partial charge on any atom is 0.246 e. The molecule has 1 heterocycles. The van der Waals surface area contributed by atoms with Gasteiger partial charge in [0.1, 0.15) is 23.9 Å². The number of para-hydroxylation sites is 1. The summed E-state index contributed by atoms with van der Waals surface area (Å²) in [6.45, 7) is 1.05. The molecule has 0 unspecified atom stereocenters. The Morgan fingerprint density at radius 3 is 2.34 bits per heavy atom. The van der Waals surface area contributed by atoms with Crippen LogP contribution in [0.4, 0.5) is 0 Å². The molecular formula is C39H42N4O4.